The number of carbonyl (C=O) groups is 1. The van der Waals surface area contributed by atoms with Gasteiger partial charge in [-0.3, -0.25) is 4.79 Å². The number of nitrogens with zero attached hydrogens (tertiary/aromatic N) is 3. The molecule has 0 saturated heterocycles. The fourth-order valence-corrected chi connectivity index (χ4v) is 3.42. The van der Waals surface area contributed by atoms with Crippen molar-refractivity contribution in [3.63, 3.8) is 0 Å². The van der Waals surface area contributed by atoms with Crippen LogP contribution in [0.25, 0.3) is 17.0 Å². The highest BCUT2D eigenvalue weighted by atomic mass is 32.2. The third-order valence-corrected chi connectivity index (χ3v) is 4.75. The Morgan fingerprint density at radius 1 is 1.22 bits per heavy atom. The van der Waals surface area contributed by atoms with Crippen LogP contribution in [-0.2, 0) is 4.79 Å². The van der Waals surface area contributed by atoms with Crippen LogP contribution in [0.1, 0.15) is 5.56 Å². The lowest BCUT2D eigenvalue weighted by Gasteiger charge is -2.09. The zero-order valence-corrected chi connectivity index (χ0v) is 15.0. The number of benzene rings is 2. The molecule has 1 aromatic heterocycles. The van der Waals surface area contributed by atoms with Gasteiger partial charge in [-0.25, -0.2) is 14.4 Å². The molecule has 27 heavy (non-hydrogen) atoms. The summed E-state index contributed by atoms with van der Waals surface area (Å²) in [5.74, 6) is -0.416. The van der Waals surface area contributed by atoms with Crippen LogP contribution in [0.3, 0.4) is 0 Å². The van der Waals surface area contributed by atoms with Gasteiger partial charge in [0.05, 0.1) is 23.2 Å². The molecular formula is C19H13FN4O2S. The predicted molar refractivity (Wildman–Crippen MR) is 104 cm³/mol. The minimum absolute atomic E-state index is 0.331. The predicted octanol–water partition coefficient (Wildman–Crippen LogP) is 3.86. The number of amidine groups is 1. The lowest BCUT2D eigenvalue weighted by atomic mass is 10.1. The van der Waals surface area contributed by atoms with E-state index in [9.17, 15) is 9.18 Å². The van der Waals surface area contributed by atoms with Gasteiger partial charge in [0.15, 0.2) is 5.17 Å². The number of aliphatic imine (C=N–C) groups is 1. The van der Waals surface area contributed by atoms with Gasteiger partial charge in [0, 0.05) is 17.6 Å². The molecule has 0 unspecified atom stereocenters. The number of carbonyl (C=O) groups excluding carboxylic acids is 1. The Morgan fingerprint density at radius 2 is 2.11 bits per heavy atom. The summed E-state index contributed by atoms with van der Waals surface area (Å²) < 4.78 is 18.5. The molecule has 1 aliphatic heterocycles. The molecule has 3 aromatic rings. The molecule has 0 saturated carbocycles. The summed E-state index contributed by atoms with van der Waals surface area (Å²) in [6.45, 7) is 0. The molecule has 134 valence electrons. The number of hydrogen-bond acceptors (Lipinski definition) is 6. The van der Waals surface area contributed by atoms with E-state index in [0.717, 1.165) is 16.5 Å². The summed E-state index contributed by atoms with van der Waals surface area (Å²) in [5, 5.41) is 4.29. The number of halogens is 1. The van der Waals surface area contributed by atoms with E-state index in [0.29, 0.717) is 21.5 Å². The van der Waals surface area contributed by atoms with Crippen molar-refractivity contribution in [1.29, 1.82) is 0 Å². The number of ether oxygens (including phenoxy) is 1. The average molecular weight is 380 g/mol. The molecule has 4 rings (SSSR count). The van der Waals surface area contributed by atoms with E-state index in [2.05, 4.69) is 20.3 Å². The van der Waals surface area contributed by atoms with Gasteiger partial charge in [0.2, 0.25) is 0 Å². The van der Waals surface area contributed by atoms with Crippen molar-refractivity contribution in [3.05, 3.63) is 65.2 Å². The van der Waals surface area contributed by atoms with Gasteiger partial charge in [0.25, 0.3) is 5.91 Å². The second-order valence-corrected chi connectivity index (χ2v) is 6.67. The smallest absolute Gasteiger partial charge is 0.286 e. The van der Waals surface area contributed by atoms with Crippen LogP contribution in [-0.4, -0.2) is 28.2 Å². The Hall–Kier alpha value is -3.26. The highest BCUT2D eigenvalue weighted by molar-refractivity contribution is 8.18. The summed E-state index contributed by atoms with van der Waals surface area (Å²) in [6.07, 6.45) is 4.98. The third-order valence-electron chi connectivity index (χ3n) is 3.85. The van der Waals surface area contributed by atoms with Crippen molar-refractivity contribution in [2.75, 3.05) is 12.4 Å². The third kappa shape index (κ3) is 3.65. The number of methoxy groups -OCH3 is 1. The molecule has 0 atom stereocenters. The van der Waals surface area contributed by atoms with E-state index < -0.39 is 5.82 Å². The number of nitrogens with one attached hydrogen (secondary N) is 1. The van der Waals surface area contributed by atoms with E-state index >= 15 is 0 Å². The second-order valence-electron chi connectivity index (χ2n) is 5.64. The van der Waals surface area contributed by atoms with E-state index in [1.807, 2.05) is 18.2 Å². The van der Waals surface area contributed by atoms with Crippen molar-refractivity contribution in [2.24, 2.45) is 4.99 Å². The topological polar surface area (TPSA) is 76.5 Å². The van der Waals surface area contributed by atoms with Crippen molar-refractivity contribution < 1.29 is 13.9 Å². The van der Waals surface area contributed by atoms with E-state index in [4.69, 9.17) is 4.74 Å². The van der Waals surface area contributed by atoms with Crippen molar-refractivity contribution in [1.82, 2.24) is 9.97 Å². The minimum Gasteiger partial charge on any atom is -0.494 e. The molecule has 0 bridgehead atoms. The van der Waals surface area contributed by atoms with Crippen LogP contribution in [0.5, 0.6) is 5.75 Å². The molecule has 0 fully saturated rings. The van der Waals surface area contributed by atoms with Crippen LogP contribution >= 0.6 is 11.8 Å². The van der Waals surface area contributed by atoms with Gasteiger partial charge in [-0.2, -0.15) is 4.99 Å². The SMILES string of the molecule is COc1cc(F)ccc1NC1=NC(=O)C(=Cc2ccc3ncncc3c2)S1. The molecule has 2 heterocycles. The number of fused-ring (bicyclic) bond motifs is 1. The molecule has 8 heteroatoms. The molecule has 1 amide bonds. The standard InChI is InChI=1S/C19H13FN4O2S/c1-26-16-8-13(20)3-5-15(16)23-19-24-18(25)17(27-19)7-11-2-4-14-12(6-11)9-21-10-22-14/h2-10H,1H3,(H,23,24,25). The molecule has 6 nitrogen and oxygen atoms in total. The molecular weight excluding hydrogens is 367 g/mol. The maximum absolute atomic E-state index is 13.3. The van der Waals surface area contributed by atoms with Crippen LogP contribution < -0.4 is 10.1 Å². The van der Waals surface area contributed by atoms with Gasteiger partial charge >= 0.3 is 0 Å². The van der Waals surface area contributed by atoms with Crippen LogP contribution in [0.2, 0.25) is 0 Å². The lowest BCUT2D eigenvalue weighted by molar-refractivity contribution is -0.113. The van der Waals surface area contributed by atoms with Crippen molar-refractivity contribution >= 4 is 45.5 Å². The first-order valence-electron chi connectivity index (χ1n) is 7.95. The number of amides is 1. The van der Waals surface area contributed by atoms with Gasteiger partial charge in [-0.15, -0.1) is 0 Å². The maximum atomic E-state index is 13.3. The summed E-state index contributed by atoms with van der Waals surface area (Å²) >= 11 is 1.21. The molecule has 2 aromatic carbocycles. The Morgan fingerprint density at radius 3 is 2.96 bits per heavy atom. The monoisotopic (exact) mass is 380 g/mol. The van der Waals surface area contributed by atoms with Crippen LogP contribution in [0, 0.1) is 5.82 Å². The summed E-state index contributed by atoms with van der Waals surface area (Å²) in [5.41, 5.74) is 2.21. The average Bonchev–Trinajstić information content (AvgIpc) is 3.02. The quantitative estimate of drug-likeness (QED) is 0.696. The number of hydrogen-bond donors (Lipinski definition) is 1. The van der Waals surface area contributed by atoms with E-state index in [-0.39, 0.29) is 5.91 Å². The zero-order valence-electron chi connectivity index (χ0n) is 14.1. The zero-order chi connectivity index (χ0) is 18.8. The van der Waals surface area contributed by atoms with E-state index in [1.165, 1.54) is 43.4 Å². The number of anilines is 1. The normalized spacial score (nSPS) is 15.3. The largest absolute Gasteiger partial charge is 0.494 e. The Labute approximate surface area is 158 Å². The molecule has 0 aliphatic carbocycles. The Balaban J connectivity index is 1.55. The number of aromatic nitrogens is 2. The number of rotatable bonds is 3. The highest BCUT2D eigenvalue weighted by Crippen LogP contribution is 2.32. The molecule has 1 N–H and O–H groups in total. The van der Waals surface area contributed by atoms with Gasteiger partial charge in [-0.05, 0) is 47.7 Å². The van der Waals surface area contributed by atoms with Crippen molar-refractivity contribution in [3.8, 4) is 5.75 Å². The summed E-state index contributed by atoms with van der Waals surface area (Å²) in [7, 11) is 1.45. The van der Waals surface area contributed by atoms with E-state index in [1.54, 1.807) is 12.3 Å². The van der Waals surface area contributed by atoms with Crippen LogP contribution in [0.4, 0.5) is 10.1 Å². The van der Waals surface area contributed by atoms with Gasteiger partial charge < -0.3 is 10.1 Å². The van der Waals surface area contributed by atoms with Crippen molar-refractivity contribution in [2.45, 2.75) is 0 Å². The Bertz CT molecular complexity index is 1110. The molecule has 0 radical (unpaired) electrons. The number of thioether (sulfide) groups is 1. The fraction of sp³-hybridized carbons (Fsp3) is 0.0526. The maximum Gasteiger partial charge on any atom is 0.286 e. The summed E-state index contributed by atoms with van der Waals surface area (Å²) in [6, 6.07) is 9.76. The molecule has 0 spiro atoms. The molecule has 1 aliphatic rings. The highest BCUT2D eigenvalue weighted by Gasteiger charge is 2.23. The first-order valence-corrected chi connectivity index (χ1v) is 8.77. The summed E-state index contributed by atoms with van der Waals surface area (Å²) in [4.78, 5) is 24.9. The van der Waals surface area contributed by atoms with Gasteiger partial charge in [-0.1, -0.05) is 6.07 Å². The first kappa shape index (κ1) is 17.2. The first-order chi connectivity index (χ1) is 13.1. The Kier molecular flexibility index (Phi) is 4.55. The minimum atomic E-state index is -0.407. The second kappa shape index (κ2) is 7.16. The van der Waals surface area contributed by atoms with Crippen LogP contribution in [0.15, 0.2) is 58.8 Å². The van der Waals surface area contributed by atoms with Gasteiger partial charge in [0.1, 0.15) is 17.9 Å². The fourth-order valence-electron chi connectivity index (χ4n) is 2.59. The lowest BCUT2D eigenvalue weighted by Crippen LogP contribution is -2.06.